The Bertz CT molecular complexity index is 798. The molecule has 1 atom stereocenters. The van der Waals surface area contributed by atoms with Gasteiger partial charge in [0.15, 0.2) is 6.61 Å². The average Bonchev–Trinajstić information content (AvgIpc) is 2.99. The SMILES string of the molecule is C=CCCC(C=O)N1C(=O)c2cccc(OCC(=O)OC(C)(C)C)c2C1=O.CC.CNC. The Balaban J connectivity index is 0.00000177. The summed E-state index contributed by atoms with van der Waals surface area (Å²) in [4.78, 5) is 49.6. The molecule has 0 radical (unpaired) electrons. The smallest absolute Gasteiger partial charge is 0.344 e. The van der Waals surface area contributed by atoms with Crippen LogP contribution in [-0.4, -0.2) is 61.3 Å². The third kappa shape index (κ3) is 8.26. The van der Waals surface area contributed by atoms with Crippen molar-refractivity contribution in [1.29, 1.82) is 0 Å². The number of imide groups is 1. The lowest BCUT2D eigenvalue weighted by molar-refractivity contribution is -0.157. The summed E-state index contributed by atoms with van der Waals surface area (Å²) in [7, 11) is 3.75. The molecule has 1 aliphatic heterocycles. The van der Waals surface area contributed by atoms with Crippen LogP contribution in [0, 0.1) is 0 Å². The van der Waals surface area contributed by atoms with Crippen molar-refractivity contribution < 1.29 is 28.7 Å². The molecule has 8 heteroatoms. The third-order valence-corrected chi connectivity index (χ3v) is 3.83. The molecular weight excluding hydrogens is 412 g/mol. The summed E-state index contributed by atoms with van der Waals surface area (Å²) in [6.07, 6.45) is 2.97. The Kier molecular flexibility index (Phi) is 12.8. The van der Waals surface area contributed by atoms with E-state index in [0.29, 0.717) is 19.1 Å². The second-order valence-corrected chi connectivity index (χ2v) is 7.60. The van der Waals surface area contributed by atoms with Crippen LogP contribution in [0.25, 0.3) is 0 Å². The normalized spacial score (nSPS) is 13.0. The quantitative estimate of drug-likeness (QED) is 0.281. The Hall–Kier alpha value is -3.00. The lowest BCUT2D eigenvalue weighted by atomic mass is 10.1. The molecule has 0 aliphatic carbocycles. The van der Waals surface area contributed by atoms with E-state index in [0.717, 1.165) is 4.90 Å². The Labute approximate surface area is 190 Å². The molecule has 1 aromatic carbocycles. The number of ether oxygens (including phenoxy) is 2. The molecular formula is C24H36N2O6. The maximum absolute atomic E-state index is 12.8. The summed E-state index contributed by atoms with van der Waals surface area (Å²) in [5.74, 6) is -1.66. The Morgan fingerprint density at radius 2 is 1.78 bits per heavy atom. The highest BCUT2D eigenvalue weighted by Gasteiger charge is 2.41. The van der Waals surface area contributed by atoms with E-state index in [1.165, 1.54) is 12.1 Å². The molecule has 0 saturated heterocycles. The number of nitrogens with one attached hydrogen (secondary N) is 1. The van der Waals surface area contributed by atoms with Crippen molar-refractivity contribution in [2.75, 3.05) is 20.7 Å². The van der Waals surface area contributed by atoms with E-state index in [2.05, 4.69) is 11.9 Å². The Morgan fingerprint density at radius 1 is 1.19 bits per heavy atom. The zero-order chi connectivity index (χ0) is 24.9. The molecule has 1 heterocycles. The van der Waals surface area contributed by atoms with Crippen molar-refractivity contribution in [3.05, 3.63) is 42.0 Å². The number of fused-ring (bicyclic) bond motifs is 1. The summed E-state index contributed by atoms with van der Waals surface area (Å²) in [6.45, 7) is 12.4. The highest BCUT2D eigenvalue weighted by Crippen LogP contribution is 2.32. The standard InChI is InChI=1S/C20H23NO6.C2H7N.C2H6/c1-5-6-8-13(11-22)21-18(24)14-9-7-10-15(17(14)19(21)25)26-12-16(23)27-20(2,3)4;1-3-2;1-2/h5,7,9-11,13H,1,6,8,12H2,2-4H3;3H,1-2H3;1-2H3. The molecule has 0 bridgehead atoms. The second kappa shape index (κ2) is 14.1. The fourth-order valence-electron chi connectivity index (χ4n) is 2.75. The summed E-state index contributed by atoms with van der Waals surface area (Å²) in [6, 6.07) is 3.66. The van der Waals surface area contributed by atoms with Crippen molar-refractivity contribution in [3.63, 3.8) is 0 Å². The zero-order valence-electron chi connectivity index (χ0n) is 20.2. The van der Waals surface area contributed by atoms with E-state index in [-0.39, 0.29) is 16.9 Å². The number of hydrogen-bond acceptors (Lipinski definition) is 7. The lowest BCUT2D eigenvalue weighted by Gasteiger charge is -2.21. The number of amides is 2. The number of allylic oxidation sites excluding steroid dienone is 1. The van der Waals surface area contributed by atoms with Gasteiger partial charge in [0.2, 0.25) is 0 Å². The van der Waals surface area contributed by atoms with Gasteiger partial charge in [-0.25, -0.2) is 4.79 Å². The van der Waals surface area contributed by atoms with Crippen LogP contribution in [0.3, 0.4) is 0 Å². The topological polar surface area (TPSA) is 102 Å². The molecule has 8 nitrogen and oxygen atoms in total. The molecule has 0 saturated carbocycles. The highest BCUT2D eigenvalue weighted by atomic mass is 16.6. The average molecular weight is 449 g/mol. The minimum atomic E-state index is -0.880. The summed E-state index contributed by atoms with van der Waals surface area (Å²) in [5, 5.41) is 2.75. The molecule has 1 unspecified atom stereocenters. The van der Waals surface area contributed by atoms with Gasteiger partial charge in [0.1, 0.15) is 17.6 Å². The maximum Gasteiger partial charge on any atom is 0.344 e. The van der Waals surface area contributed by atoms with Crippen molar-refractivity contribution >= 4 is 24.1 Å². The first-order valence-corrected chi connectivity index (χ1v) is 10.6. The van der Waals surface area contributed by atoms with Gasteiger partial charge in [-0.2, -0.15) is 0 Å². The molecule has 2 rings (SSSR count). The molecule has 1 aromatic rings. The van der Waals surface area contributed by atoms with Crippen LogP contribution in [0.5, 0.6) is 5.75 Å². The minimum absolute atomic E-state index is 0.0523. The largest absolute Gasteiger partial charge is 0.481 e. The molecule has 32 heavy (non-hydrogen) atoms. The van der Waals surface area contributed by atoms with Gasteiger partial charge >= 0.3 is 5.97 Å². The van der Waals surface area contributed by atoms with Crippen LogP contribution in [0.2, 0.25) is 0 Å². The van der Waals surface area contributed by atoms with Crippen molar-refractivity contribution in [1.82, 2.24) is 10.2 Å². The van der Waals surface area contributed by atoms with E-state index in [1.54, 1.807) is 32.9 Å². The Morgan fingerprint density at radius 3 is 2.28 bits per heavy atom. The number of rotatable bonds is 8. The number of hydrogen-bond donors (Lipinski definition) is 1. The van der Waals surface area contributed by atoms with Gasteiger partial charge in [-0.05, 0) is 59.8 Å². The summed E-state index contributed by atoms with van der Waals surface area (Å²) < 4.78 is 10.6. The number of carbonyl (C=O) groups is 4. The molecule has 0 fully saturated rings. The van der Waals surface area contributed by atoms with Crippen molar-refractivity contribution in [3.8, 4) is 5.75 Å². The van der Waals surface area contributed by atoms with Gasteiger partial charge in [0.05, 0.1) is 17.2 Å². The first-order chi connectivity index (χ1) is 15.1. The first-order valence-electron chi connectivity index (χ1n) is 10.6. The van der Waals surface area contributed by atoms with Crippen LogP contribution in [0.1, 0.15) is 68.2 Å². The molecule has 0 aromatic heterocycles. The van der Waals surface area contributed by atoms with Crippen molar-refractivity contribution in [2.24, 2.45) is 0 Å². The fourth-order valence-corrected chi connectivity index (χ4v) is 2.75. The number of benzene rings is 1. The summed E-state index contributed by atoms with van der Waals surface area (Å²) >= 11 is 0. The van der Waals surface area contributed by atoms with Gasteiger partial charge in [0.25, 0.3) is 11.8 Å². The first kappa shape index (κ1) is 29.0. The lowest BCUT2D eigenvalue weighted by Crippen LogP contribution is -2.40. The van der Waals surface area contributed by atoms with Gasteiger partial charge in [0, 0.05) is 0 Å². The van der Waals surface area contributed by atoms with Crippen LogP contribution in [0.15, 0.2) is 30.9 Å². The van der Waals surface area contributed by atoms with E-state index < -0.39 is 36.0 Å². The van der Waals surface area contributed by atoms with Crippen LogP contribution < -0.4 is 10.1 Å². The van der Waals surface area contributed by atoms with E-state index >= 15 is 0 Å². The van der Waals surface area contributed by atoms with E-state index in [9.17, 15) is 19.2 Å². The fraction of sp³-hybridized carbons (Fsp3) is 0.500. The molecule has 0 spiro atoms. The maximum atomic E-state index is 12.8. The number of esters is 1. The van der Waals surface area contributed by atoms with E-state index in [4.69, 9.17) is 9.47 Å². The second-order valence-electron chi connectivity index (χ2n) is 7.60. The monoisotopic (exact) mass is 448 g/mol. The predicted molar refractivity (Wildman–Crippen MR) is 124 cm³/mol. The molecule has 1 aliphatic rings. The van der Waals surface area contributed by atoms with Gasteiger partial charge in [-0.15, -0.1) is 6.58 Å². The van der Waals surface area contributed by atoms with Crippen molar-refractivity contribution in [2.45, 2.75) is 59.1 Å². The molecule has 1 N–H and O–H groups in total. The predicted octanol–water partition coefficient (Wildman–Crippen LogP) is 3.40. The molecule has 178 valence electrons. The van der Waals surface area contributed by atoms with E-state index in [1.807, 2.05) is 27.9 Å². The number of aldehydes is 1. The zero-order valence-corrected chi connectivity index (χ0v) is 20.2. The molecule has 2 amide bonds. The van der Waals surface area contributed by atoms with Crippen LogP contribution in [0.4, 0.5) is 0 Å². The van der Waals surface area contributed by atoms with Gasteiger partial charge in [-0.1, -0.05) is 26.0 Å². The summed E-state index contributed by atoms with van der Waals surface area (Å²) in [5.41, 5.74) is -0.465. The van der Waals surface area contributed by atoms with Gasteiger partial charge < -0.3 is 19.6 Å². The third-order valence-electron chi connectivity index (χ3n) is 3.83. The van der Waals surface area contributed by atoms with Crippen LogP contribution >= 0.6 is 0 Å². The van der Waals surface area contributed by atoms with Gasteiger partial charge in [-0.3, -0.25) is 14.5 Å². The number of nitrogens with zero attached hydrogens (tertiary/aromatic N) is 1. The van der Waals surface area contributed by atoms with Crippen LogP contribution in [-0.2, 0) is 14.3 Å². The number of carbonyl (C=O) groups excluding carboxylic acids is 4. The minimum Gasteiger partial charge on any atom is -0.481 e. The highest BCUT2D eigenvalue weighted by molar-refractivity contribution is 6.23.